The predicted molar refractivity (Wildman–Crippen MR) is 133 cm³/mol. The van der Waals surface area contributed by atoms with Crippen LogP contribution in [0.1, 0.15) is 73.3 Å². The van der Waals surface area contributed by atoms with Gasteiger partial charge in [0, 0.05) is 30.3 Å². The van der Waals surface area contributed by atoms with Gasteiger partial charge in [-0.3, -0.25) is 19.2 Å². The Hall–Kier alpha value is -3.56. The van der Waals surface area contributed by atoms with Crippen molar-refractivity contribution in [1.82, 2.24) is 15.1 Å². The number of hydrogen-bond donors (Lipinski definition) is 1. The zero-order chi connectivity index (χ0) is 25.9. The maximum absolute atomic E-state index is 13.9. The summed E-state index contributed by atoms with van der Waals surface area (Å²) in [5.41, 5.74) is -0.664. The molecule has 10 nitrogen and oxygen atoms in total. The number of anilines is 1. The smallest absolute Gasteiger partial charge is 0.358 e. The number of benzene rings is 1. The first-order valence-electron chi connectivity index (χ1n) is 12.4. The maximum atomic E-state index is 13.9. The van der Waals surface area contributed by atoms with E-state index < -0.39 is 17.4 Å². The van der Waals surface area contributed by atoms with Gasteiger partial charge in [-0.2, -0.15) is 5.10 Å². The van der Waals surface area contributed by atoms with E-state index in [4.69, 9.17) is 14.2 Å². The summed E-state index contributed by atoms with van der Waals surface area (Å²) in [6.07, 6.45) is 6.25. The Morgan fingerprint density at radius 3 is 2.28 bits per heavy atom. The van der Waals surface area contributed by atoms with Crippen molar-refractivity contribution in [3.63, 3.8) is 0 Å². The molecule has 0 saturated heterocycles. The third-order valence-electron chi connectivity index (χ3n) is 6.91. The Kier molecular flexibility index (Phi) is 7.51. The number of ether oxygens (including phenoxy) is 3. The van der Waals surface area contributed by atoms with Gasteiger partial charge in [-0.15, -0.1) is 0 Å². The number of carbonyl (C=O) groups excluding carboxylic acids is 3. The van der Waals surface area contributed by atoms with Gasteiger partial charge in [-0.25, -0.2) is 4.79 Å². The number of aromatic nitrogens is 2. The summed E-state index contributed by atoms with van der Waals surface area (Å²) in [4.78, 5) is 41.6. The quantitative estimate of drug-likeness (QED) is 0.460. The number of amides is 2. The third-order valence-corrected chi connectivity index (χ3v) is 6.91. The van der Waals surface area contributed by atoms with Gasteiger partial charge in [0.2, 0.25) is 5.91 Å². The topological polar surface area (TPSA) is 112 Å². The Balaban J connectivity index is 1.78. The minimum absolute atomic E-state index is 0.0248. The van der Waals surface area contributed by atoms with Crippen LogP contribution in [-0.2, 0) is 16.1 Å². The molecule has 10 heteroatoms. The standard InChI is InChI=1S/C26H34N4O6/c1-5-36-24(32)21-15-22-23(31)30(18-12-19(34-3)14-20(13-18)35-4)26(2,16-29(22)28-21)25(33)27-17-10-8-6-7-9-11-17/h12-15,17H,5-11,16H2,1-4H3,(H,27,33)/t26-/m1/s1. The van der Waals surface area contributed by atoms with Gasteiger partial charge < -0.3 is 19.5 Å². The monoisotopic (exact) mass is 498 g/mol. The molecule has 2 amide bonds. The first kappa shape index (κ1) is 25.5. The Morgan fingerprint density at radius 2 is 1.69 bits per heavy atom. The molecule has 2 heterocycles. The van der Waals surface area contributed by atoms with E-state index in [1.54, 1.807) is 32.0 Å². The van der Waals surface area contributed by atoms with Crippen LogP contribution in [0.25, 0.3) is 0 Å². The number of nitrogens with zero attached hydrogens (tertiary/aromatic N) is 3. The highest BCUT2D eigenvalue weighted by Gasteiger charge is 2.49. The van der Waals surface area contributed by atoms with E-state index >= 15 is 0 Å². The SMILES string of the molecule is CCOC(=O)c1cc2n(n1)C[C@](C)(C(=O)NC1CCCCCC1)N(c1cc(OC)cc(OC)c1)C2=O. The van der Waals surface area contributed by atoms with Crippen molar-refractivity contribution in [2.75, 3.05) is 25.7 Å². The second kappa shape index (κ2) is 10.6. The van der Waals surface area contributed by atoms with Crippen LogP contribution in [0.3, 0.4) is 0 Å². The lowest BCUT2D eigenvalue weighted by Gasteiger charge is -2.43. The maximum Gasteiger partial charge on any atom is 0.358 e. The molecule has 2 aliphatic rings. The average Bonchev–Trinajstić information content (AvgIpc) is 3.13. The normalized spacial score (nSPS) is 20.3. The highest BCUT2D eigenvalue weighted by molar-refractivity contribution is 6.12. The van der Waals surface area contributed by atoms with E-state index in [1.807, 2.05) is 0 Å². The molecule has 194 valence electrons. The Bertz CT molecular complexity index is 1120. The van der Waals surface area contributed by atoms with Crippen LogP contribution in [0.2, 0.25) is 0 Å². The molecule has 1 aliphatic heterocycles. The molecule has 1 aromatic heterocycles. The van der Waals surface area contributed by atoms with Gasteiger partial charge in [-0.1, -0.05) is 25.7 Å². The van der Waals surface area contributed by atoms with Crippen LogP contribution in [0.15, 0.2) is 24.3 Å². The molecule has 0 radical (unpaired) electrons. The van der Waals surface area contributed by atoms with Crippen LogP contribution in [-0.4, -0.2) is 60.0 Å². The van der Waals surface area contributed by atoms with Crippen molar-refractivity contribution in [3.05, 3.63) is 35.7 Å². The molecule has 1 aliphatic carbocycles. The van der Waals surface area contributed by atoms with E-state index in [-0.39, 0.29) is 36.5 Å². The minimum atomic E-state index is -1.33. The molecular formula is C26H34N4O6. The van der Waals surface area contributed by atoms with Gasteiger partial charge in [0.15, 0.2) is 5.69 Å². The lowest BCUT2D eigenvalue weighted by atomic mass is 9.93. The van der Waals surface area contributed by atoms with E-state index in [1.165, 1.54) is 29.9 Å². The molecule has 1 saturated carbocycles. The summed E-state index contributed by atoms with van der Waals surface area (Å²) in [6, 6.07) is 6.53. The second-order valence-corrected chi connectivity index (χ2v) is 9.44. The fourth-order valence-corrected chi connectivity index (χ4v) is 4.98. The van der Waals surface area contributed by atoms with Crippen molar-refractivity contribution >= 4 is 23.5 Å². The summed E-state index contributed by atoms with van der Waals surface area (Å²) in [5, 5.41) is 7.52. The summed E-state index contributed by atoms with van der Waals surface area (Å²) < 4.78 is 17.3. The molecule has 1 aromatic carbocycles. The molecule has 1 fully saturated rings. The van der Waals surface area contributed by atoms with E-state index in [2.05, 4.69) is 10.4 Å². The number of esters is 1. The molecular weight excluding hydrogens is 464 g/mol. The summed E-state index contributed by atoms with van der Waals surface area (Å²) in [7, 11) is 3.05. The highest BCUT2D eigenvalue weighted by atomic mass is 16.5. The summed E-state index contributed by atoms with van der Waals surface area (Å²) in [5.74, 6) is -0.391. The zero-order valence-electron chi connectivity index (χ0n) is 21.3. The van der Waals surface area contributed by atoms with Gasteiger partial charge >= 0.3 is 5.97 Å². The molecule has 1 N–H and O–H groups in total. The first-order chi connectivity index (χ1) is 17.3. The van der Waals surface area contributed by atoms with Gasteiger partial charge in [-0.05, 0) is 26.7 Å². The van der Waals surface area contributed by atoms with E-state index in [9.17, 15) is 14.4 Å². The molecule has 0 bridgehead atoms. The summed E-state index contributed by atoms with van der Waals surface area (Å²) >= 11 is 0. The molecule has 0 spiro atoms. The first-order valence-corrected chi connectivity index (χ1v) is 12.4. The zero-order valence-corrected chi connectivity index (χ0v) is 21.3. The molecule has 2 aromatic rings. The van der Waals surface area contributed by atoms with Crippen molar-refractivity contribution in [2.45, 2.75) is 70.5 Å². The number of hydrogen-bond acceptors (Lipinski definition) is 7. The van der Waals surface area contributed by atoms with Gasteiger partial charge in [0.25, 0.3) is 5.91 Å². The predicted octanol–water partition coefficient (Wildman–Crippen LogP) is 3.34. The molecule has 36 heavy (non-hydrogen) atoms. The third kappa shape index (κ3) is 4.89. The van der Waals surface area contributed by atoms with Crippen LogP contribution in [0.5, 0.6) is 11.5 Å². The van der Waals surface area contributed by atoms with Crippen LogP contribution >= 0.6 is 0 Å². The van der Waals surface area contributed by atoms with Crippen LogP contribution in [0, 0.1) is 0 Å². The van der Waals surface area contributed by atoms with Crippen LogP contribution < -0.4 is 19.7 Å². The fraction of sp³-hybridized carbons (Fsp3) is 0.538. The van der Waals surface area contributed by atoms with Crippen molar-refractivity contribution in [3.8, 4) is 11.5 Å². The number of carbonyl (C=O) groups is 3. The number of methoxy groups -OCH3 is 2. The number of fused-ring (bicyclic) bond motifs is 1. The lowest BCUT2D eigenvalue weighted by molar-refractivity contribution is -0.127. The van der Waals surface area contributed by atoms with Crippen molar-refractivity contribution < 1.29 is 28.6 Å². The van der Waals surface area contributed by atoms with Crippen molar-refractivity contribution in [1.29, 1.82) is 0 Å². The number of nitrogens with one attached hydrogen (secondary N) is 1. The highest BCUT2D eigenvalue weighted by Crippen LogP contribution is 2.37. The van der Waals surface area contributed by atoms with Crippen LogP contribution in [0.4, 0.5) is 5.69 Å². The largest absolute Gasteiger partial charge is 0.497 e. The Morgan fingerprint density at radius 1 is 1.06 bits per heavy atom. The minimum Gasteiger partial charge on any atom is -0.497 e. The number of rotatable bonds is 7. The van der Waals surface area contributed by atoms with E-state index in [0.29, 0.717) is 17.2 Å². The van der Waals surface area contributed by atoms with E-state index in [0.717, 1.165) is 38.5 Å². The Labute approximate surface area is 210 Å². The van der Waals surface area contributed by atoms with Gasteiger partial charge in [0.1, 0.15) is 22.7 Å². The average molecular weight is 499 g/mol. The van der Waals surface area contributed by atoms with Gasteiger partial charge in [0.05, 0.1) is 33.1 Å². The molecule has 0 unspecified atom stereocenters. The summed E-state index contributed by atoms with van der Waals surface area (Å²) in [6.45, 7) is 3.67. The fourth-order valence-electron chi connectivity index (χ4n) is 4.98. The molecule has 1 atom stereocenters. The lowest BCUT2D eigenvalue weighted by Crippen LogP contribution is -2.65. The van der Waals surface area contributed by atoms with Crippen molar-refractivity contribution in [2.24, 2.45) is 0 Å². The second-order valence-electron chi connectivity index (χ2n) is 9.44. The molecule has 4 rings (SSSR count).